The second-order valence-corrected chi connectivity index (χ2v) is 4.45. The molecule has 0 saturated carbocycles. The maximum atomic E-state index is 13.2. The van der Waals surface area contributed by atoms with Gasteiger partial charge in [-0.05, 0) is 31.2 Å². The van der Waals surface area contributed by atoms with Gasteiger partial charge >= 0.3 is 0 Å². The van der Waals surface area contributed by atoms with Gasteiger partial charge in [0.05, 0.1) is 11.4 Å². The van der Waals surface area contributed by atoms with E-state index in [0.717, 1.165) is 10.2 Å². The summed E-state index contributed by atoms with van der Waals surface area (Å²) in [6, 6.07) is 7.51. The van der Waals surface area contributed by atoms with E-state index in [4.69, 9.17) is 0 Å². The van der Waals surface area contributed by atoms with Gasteiger partial charge in [-0.15, -0.1) is 0 Å². The van der Waals surface area contributed by atoms with E-state index in [1.807, 2.05) is 24.3 Å². The van der Waals surface area contributed by atoms with Crippen molar-refractivity contribution >= 4 is 27.3 Å². The molecule has 0 aliphatic heterocycles. The molecule has 0 saturated heterocycles. The van der Waals surface area contributed by atoms with Crippen LogP contribution >= 0.6 is 15.9 Å². The third-order valence-corrected chi connectivity index (χ3v) is 2.69. The average Bonchev–Trinajstić information content (AvgIpc) is 2.34. The van der Waals surface area contributed by atoms with Crippen LogP contribution in [0.1, 0.15) is 6.92 Å². The van der Waals surface area contributed by atoms with Crippen molar-refractivity contribution in [2.24, 2.45) is 5.10 Å². The molecule has 0 spiro atoms. The van der Waals surface area contributed by atoms with Crippen molar-refractivity contribution in [3.05, 3.63) is 65.4 Å². The van der Waals surface area contributed by atoms with Crippen molar-refractivity contribution in [3.63, 3.8) is 0 Å². The Morgan fingerprint density at radius 3 is 2.50 bits per heavy atom. The van der Waals surface area contributed by atoms with Gasteiger partial charge in [-0.25, -0.2) is 4.39 Å². The van der Waals surface area contributed by atoms with Crippen molar-refractivity contribution in [1.29, 1.82) is 0 Å². The lowest BCUT2D eigenvalue weighted by Gasteiger charge is -2.05. The minimum atomic E-state index is -0.534. The molecule has 0 unspecified atom stereocenters. The van der Waals surface area contributed by atoms with Crippen LogP contribution in [0.5, 0.6) is 0 Å². The first-order chi connectivity index (χ1) is 8.54. The highest BCUT2D eigenvalue weighted by Crippen LogP contribution is 2.15. The minimum absolute atomic E-state index is 0.328. The molecule has 0 aromatic heterocycles. The lowest BCUT2D eigenvalue weighted by atomic mass is 10.1. The van der Waals surface area contributed by atoms with E-state index in [9.17, 15) is 4.39 Å². The summed E-state index contributed by atoms with van der Waals surface area (Å²) < 4.78 is 14.1. The van der Waals surface area contributed by atoms with Crippen LogP contribution in [0.4, 0.5) is 10.1 Å². The Labute approximate surface area is 115 Å². The molecule has 1 rings (SSSR count). The number of rotatable bonds is 5. The number of hydrogen-bond acceptors (Lipinski definition) is 2. The van der Waals surface area contributed by atoms with Gasteiger partial charge in [0.15, 0.2) is 0 Å². The molecule has 0 aliphatic carbocycles. The quantitative estimate of drug-likeness (QED) is 0.470. The molecule has 0 radical (unpaired) electrons. The number of hydrazone groups is 1. The number of nitrogens with one attached hydrogen (secondary N) is 1. The molecule has 0 bridgehead atoms. The molecule has 1 aromatic rings. The van der Waals surface area contributed by atoms with Crippen molar-refractivity contribution in [1.82, 2.24) is 0 Å². The van der Waals surface area contributed by atoms with E-state index in [1.165, 1.54) is 12.2 Å². The highest BCUT2D eigenvalue weighted by molar-refractivity contribution is 9.10. The van der Waals surface area contributed by atoms with E-state index >= 15 is 0 Å². The first kappa shape index (κ1) is 14.4. The van der Waals surface area contributed by atoms with Gasteiger partial charge in [0.2, 0.25) is 0 Å². The Hall–Kier alpha value is -1.68. The molecule has 0 fully saturated rings. The largest absolute Gasteiger partial charge is 0.278 e. The molecular weight excluding hydrogens is 295 g/mol. The summed E-state index contributed by atoms with van der Waals surface area (Å²) in [5, 5.41) is 4.10. The lowest BCUT2D eigenvalue weighted by Crippen LogP contribution is -2.02. The molecule has 4 heteroatoms. The Balaban J connectivity index is 2.83. The van der Waals surface area contributed by atoms with Crippen molar-refractivity contribution in [2.75, 3.05) is 5.43 Å². The Morgan fingerprint density at radius 2 is 2.00 bits per heavy atom. The number of benzene rings is 1. The van der Waals surface area contributed by atoms with Gasteiger partial charge < -0.3 is 0 Å². The lowest BCUT2D eigenvalue weighted by molar-refractivity contribution is 0.664. The predicted molar refractivity (Wildman–Crippen MR) is 79.4 cm³/mol. The third-order valence-electron chi connectivity index (χ3n) is 2.16. The molecular formula is C14H14BrFN2. The number of hydrogen-bond donors (Lipinski definition) is 1. The van der Waals surface area contributed by atoms with Crippen molar-refractivity contribution < 1.29 is 4.39 Å². The van der Waals surface area contributed by atoms with Crippen LogP contribution in [0, 0.1) is 0 Å². The van der Waals surface area contributed by atoms with Gasteiger partial charge in [-0.3, -0.25) is 5.43 Å². The fourth-order valence-corrected chi connectivity index (χ4v) is 1.52. The van der Waals surface area contributed by atoms with Gasteiger partial charge in [-0.2, -0.15) is 5.10 Å². The summed E-state index contributed by atoms with van der Waals surface area (Å²) in [4.78, 5) is 0. The maximum absolute atomic E-state index is 13.2. The predicted octanol–water partition coefficient (Wildman–Crippen LogP) is 4.83. The van der Waals surface area contributed by atoms with E-state index in [2.05, 4.69) is 39.6 Å². The summed E-state index contributed by atoms with van der Waals surface area (Å²) in [7, 11) is 0. The molecule has 94 valence electrons. The van der Waals surface area contributed by atoms with E-state index in [1.54, 1.807) is 6.92 Å². The summed E-state index contributed by atoms with van der Waals surface area (Å²) in [6.45, 7) is 8.49. The van der Waals surface area contributed by atoms with E-state index in [-0.39, 0.29) is 0 Å². The minimum Gasteiger partial charge on any atom is -0.278 e. The number of allylic oxidation sites excluding steroid dienone is 4. The van der Waals surface area contributed by atoms with Crippen LogP contribution in [-0.4, -0.2) is 5.71 Å². The first-order valence-corrected chi connectivity index (χ1v) is 6.07. The van der Waals surface area contributed by atoms with E-state index < -0.39 is 5.83 Å². The molecule has 1 aromatic carbocycles. The Kier molecular flexibility index (Phi) is 5.52. The number of halogens is 2. The van der Waals surface area contributed by atoms with Crippen LogP contribution < -0.4 is 5.43 Å². The molecule has 2 nitrogen and oxygen atoms in total. The first-order valence-electron chi connectivity index (χ1n) is 5.28. The van der Waals surface area contributed by atoms with Gasteiger partial charge in [0, 0.05) is 10.0 Å². The molecule has 0 aliphatic rings. The second kappa shape index (κ2) is 6.91. The van der Waals surface area contributed by atoms with Gasteiger partial charge in [0.1, 0.15) is 5.83 Å². The fourth-order valence-electron chi connectivity index (χ4n) is 1.26. The fraction of sp³-hybridized carbons (Fsp3) is 0.0714. The van der Waals surface area contributed by atoms with Crippen LogP contribution in [0.2, 0.25) is 0 Å². The summed E-state index contributed by atoms with van der Waals surface area (Å²) in [5.41, 5.74) is 4.50. The molecule has 0 amide bonds. The zero-order valence-corrected chi connectivity index (χ0v) is 11.7. The van der Waals surface area contributed by atoms with Gasteiger partial charge in [-0.1, -0.05) is 41.2 Å². The standard InChI is InChI=1S/C14H14BrFN2/c1-4-5-14(10(2)16)11(3)17-18-13-8-6-12(15)7-9-13/h4-9,18H,1-2H2,3H3/b14-5+,17-11+. The molecule has 0 heterocycles. The number of anilines is 1. The zero-order chi connectivity index (χ0) is 13.5. The normalized spacial score (nSPS) is 12.2. The average molecular weight is 309 g/mol. The van der Waals surface area contributed by atoms with E-state index in [0.29, 0.717) is 11.3 Å². The van der Waals surface area contributed by atoms with Crippen molar-refractivity contribution in [3.8, 4) is 0 Å². The monoisotopic (exact) mass is 308 g/mol. The highest BCUT2D eigenvalue weighted by atomic mass is 79.9. The van der Waals surface area contributed by atoms with Crippen LogP contribution in [-0.2, 0) is 0 Å². The Morgan fingerprint density at radius 1 is 1.39 bits per heavy atom. The highest BCUT2D eigenvalue weighted by Gasteiger charge is 2.04. The zero-order valence-electron chi connectivity index (χ0n) is 10.1. The van der Waals surface area contributed by atoms with Crippen LogP contribution in [0.3, 0.4) is 0 Å². The summed E-state index contributed by atoms with van der Waals surface area (Å²) in [6.07, 6.45) is 3.03. The molecule has 18 heavy (non-hydrogen) atoms. The summed E-state index contributed by atoms with van der Waals surface area (Å²) in [5.74, 6) is -0.534. The van der Waals surface area contributed by atoms with Crippen molar-refractivity contribution in [2.45, 2.75) is 6.92 Å². The topological polar surface area (TPSA) is 24.4 Å². The van der Waals surface area contributed by atoms with Gasteiger partial charge in [0.25, 0.3) is 0 Å². The SMILES string of the molecule is C=C/C=C(C(=C)F)/C(C)=N/Nc1ccc(Br)cc1. The molecule has 0 atom stereocenters. The molecule has 1 N–H and O–H groups in total. The maximum Gasteiger partial charge on any atom is 0.125 e. The van der Waals surface area contributed by atoms with Crippen LogP contribution in [0.25, 0.3) is 0 Å². The number of nitrogens with zero attached hydrogens (tertiary/aromatic N) is 1. The Bertz CT molecular complexity index is 501. The summed E-state index contributed by atoms with van der Waals surface area (Å²) >= 11 is 3.34. The smallest absolute Gasteiger partial charge is 0.125 e. The second-order valence-electron chi connectivity index (χ2n) is 3.54. The van der Waals surface area contributed by atoms with Crippen LogP contribution in [0.15, 0.2) is 70.5 Å². The third kappa shape index (κ3) is 4.30.